The first-order chi connectivity index (χ1) is 12.5. The third-order valence-electron chi connectivity index (χ3n) is 3.13. The van der Waals surface area contributed by atoms with Crippen LogP contribution in [0.3, 0.4) is 0 Å². The maximum Gasteiger partial charge on any atom is 0.250 e. The monoisotopic (exact) mass is 456 g/mol. The number of carbonyl (C=O) groups excluding carboxylic acids is 1. The summed E-state index contributed by atoms with van der Waals surface area (Å²) in [6.07, 6.45) is 1.55. The molecule has 0 spiro atoms. The summed E-state index contributed by atoms with van der Waals surface area (Å²) >= 11 is 10.7. The van der Waals surface area contributed by atoms with Gasteiger partial charge in [-0.05, 0) is 64.8 Å². The van der Waals surface area contributed by atoms with Gasteiger partial charge in [0.15, 0.2) is 11.5 Å². The van der Waals surface area contributed by atoms with E-state index in [1.807, 2.05) is 25.1 Å². The van der Waals surface area contributed by atoms with E-state index in [1.54, 1.807) is 31.5 Å². The molecular weight excluding hydrogens is 440 g/mol. The van der Waals surface area contributed by atoms with E-state index < -0.39 is 0 Å². The van der Waals surface area contributed by atoms with Crippen LogP contribution in [0.4, 0.5) is 0 Å². The Morgan fingerprint density at radius 3 is 2.73 bits per heavy atom. The van der Waals surface area contributed by atoms with Crippen molar-refractivity contribution in [2.45, 2.75) is 11.8 Å². The largest absolute Gasteiger partial charge is 0.493 e. The highest BCUT2D eigenvalue weighted by Gasteiger charge is 2.10. The molecule has 138 valence electrons. The smallest absolute Gasteiger partial charge is 0.250 e. The van der Waals surface area contributed by atoms with Crippen LogP contribution in [0.1, 0.15) is 12.5 Å². The molecule has 0 aliphatic carbocycles. The summed E-state index contributed by atoms with van der Waals surface area (Å²) < 4.78 is 11.6. The number of rotatable bonds is 8. The second-order valence-electron chi connectivity index (χ2n) is 5.00. The number of ether oxygens (including phenoxy) is 2. The van der Waals surface area contributed by atoms with Crippen LogP contribution in [0.2, 0.25) is 5.02 Å². The van der Waals surface area contributed by atoms with Gasteiger partial charge in [0.2, 0.25) is 5.91 Å². The Kier molecular flexibility index (Phi) is 8.28. The molecule has 26 heavy (non-hydrogen) atoms. The molecule has 0 heterocycles. The Balaban J connectivity index is 1.91. The van der Waals surface area contributed by atoms with Crippen molar-refractivity contribution < 1.29 is 14.3 Å². The molecule has 0 aliphatic rings. The lowest BCUT2D eigenvalue weighted by Crippen LogP contribution is -2.19. The van der Waals surface area contributed by atoms with Crippen LogP contribution >= 0.6 is 39.3 Å². The van der Waals surface area contributed by atoms with Crippen LogP contribution in [-0.2, 0) is 4.79 Å². The highest BCUT2D eigenvalue weighted by Crippen LogP contribution is 2.36. The van der Waals surface area contributed by atoms with Crippen molar-refractivity contribution in [3.05, 3.63) is 51.5 Å². The van der Waals surface area contributed by atoms with E-state index in [9.17, 15) is 4.79 Å². The molecule has 0 saturated carbocycles. The van der Waals surface area contributed by atoms with Crippen molar-refractivity contribution in [1.82, 2.24) is 5.43 Å². The third-order valence-corrected chi connectivity index (χ3v) is 4.98. The molecule has 2 rings (SSSR count). The molecule has 8 heteroatoms. The predicted octanol–water partition coefficient (Wildman–Crippen LogP) is 4.75. The molecule has 0 saturated heterocycles. The number of hydrogen-bond acceptors (Lipinski definition) is 5. The fourth-order valence-electron chi connectivity index (χ4n) is 1.99. The number of methoxy groups -OCH3 is 1. The molecule has 0 fully saturated rings. The number of amides is 1. The highest BCUT2D eigenvalue weighted by molar-refractivity contribution is 9.10. The minimum Gasteiger partial charge on any atom is -0.493 e. The van der Waals surface area contributed by atoms with Gasteiger partial charge in [0.25, 0.3) is 0 Å². The van der Waals surface area contributed by atoms with Crippen LogP contribution in [-0.4, -0.2) is 31.6 Å². The third kappa shape index (κ3) is 6.23. The Morgan fingerprint density at radius 1 is 1.35 bits per heavy atom. The second kappa shape index (κ2) is 10.4. The number of hydrogen-bond donors (Lipinski definition) is 1. The molecule has 2 aromatic rings. The number of thioether (sulfide) groups is 1. The van der Waals surface area contributed by atoms with Crippen LogP contribution in [0.15, 0.2) is 50.9 Å². The summed E-state index contributed by atoms with van der Waals surface area (Å²) in [6.45, 7) is 2.43. The van der Waals surface area contributed by atoms with E-state index in [-0.39, 0.29) is 11.7 Å². The summed E-state index contributed by atoms with van der Waals surface area (Å²) in [5.41, 5.74) is 3.27. The first-order valence-electron chi connectivity index (χ1n) is 7.74. The summed E-state index contributed by atoms with van der Waals surface area (Å²) in [4.78, 5) is 12.8. The van der Waals surface area contributed by atoms with Crippen molar-refractivity contribution in [3.8, 4) is 11.5 Å². The van der Waals surface area contributed by atoms with Crippen LogP contribution in [0.5, 0.6) is 11.5 Å². The highest BCUT2D eigenvalue weighted by atomic mass is 79.9. The lowest BCUT2D eigenvalue weighted by molar-refractivity contribution is -0.118. The lowest BCUT2D eigenvalue weighted by atomic mass is 10.2. The van der Waals surface area contributed by atoms with Gasteiger partial charge in [-0.25, -0.2) is 5.43 Å². The van der Waals surface area contributed by atoms with Gasteiger partial charge in [0.1, 0.15) is 0 Å². The fourth-order valence-corrected chi connectivity index (χ4v) is 3.38. The Bertz CT molecular complexity index is 785. The number of carbonyl (C=O) groups is 1. The Labute approximate surface area is 170 Å². The SMILES string of the molecule is CCOc1c(Br)cc(/C=N/NC(=O)CSc2ccc(Cl)cc2)cc1OC. The van der Waals surface area contributed by atoms with Gasteiger partial charge in [-0.3, -0.25) is 4.79 Å². The molecule has 0 atom stereocenters. The topological polar surface area (TPSA) is 59.9 Å². The second-order valence-corrected chi connectivity index (χ2v) is 7.34. The van der Waals surface area contributed by atoms with Gasteiger partial charge in [0.05, 0.1) is 30.2 Å². The summed E-state index contributed by atoms with van der Waals surface area (Å²) in [7, 11) is 1.57. The summed E-state index contributed by atoms with van der Waals surface area (Å²) in [5, 5.41) is 4.65. The van der Waals surface area contributed by atoms with Gasteiger partial charge >= 0.3 is 0 Å². The zero-order valence-electron chi connectivity index (χ0n) is 14.3. The molecule has 2 aromatic carbocycles. The van der Waals surface area contributed by atoms with E-state index in [1.165, 1.54) is 11.8 Å². The zero-order chi connectivity index (χ0) is 18.9. The van der Waals surface area contributed by atoms with Gasteiger partial charge in [0, 0.05) is 9.92 Å². The average Bonchev–Trinajstić information content (AvgIpc) is 2.63. The van der Waals surface area contributed by atoms with Crippen molar-refractivity contribution in [2.24, 2.45) is 5.10 Å². The molecule has 1 N–H and O–H groups in total. The number of nitrogens with zero attached hydrogens (tertiary/aromatic N) is 1. The molecule has 0 bridgehead atoms. The average molecular weight is 458 g/mol. The fraction of sp³-hybridized carbons (Fsp3) is 0.222. The Hall–Kier alpha value is -1.70. The predicted molar refractivity (Wildman–Crippen MR) is 110 cm³/mol. The van der Waals surface area contributed by atoms with Gasteiger partial charge < -0.3 is 9.47 Å². The van der Waals surface area contributed by atoms with E-state index in [2.05, 4.69) is 26.5 Å². The van der Waals surface area contributed by atoms with Crippen molar-refractivity contribution >= 4 is 51.4 Å². The molecule has 0 aliphatic heterocycles. The van der Waals surface area contributed by atoms with Crippen LogP contribution in [0.25, 0.3) is 0 Å². The maximum atomic E-state index is 11.9. The number of nitrogens with one attached hydrogen (secondary N) is 1. The van der Waals surface area contributed by atoms with Gasteiger partial charge in [-0.1, -0.05) is 11.6 Å². The minimum atomic E-state index is -0.196. The minimum absolute atomic E-state index is 0.196. The molecule has 0 radical (unpaired) electrons. The van der Waals surface area contributed by atoms with Crippen molar-refractivity contribution in [3.63, 3.8) is 0 Å². The summed E-state index contributed by atoms with van der Waals surface area (Å²) in [5.74, 6) is 1.29. The van der Waals surface area contributed by atoms with Crippen LogP contribution < -0.4 is 14.9 Å². The Morgan fingerprint density at radius 2 is 2.08 bits per heavy atom. The summed E-state index contributed by atoms with van der Waals surface area (Å²) in [6, 6.07) is 10.9. The van der Waals surface area contributed by atoms with Crippen molar-refractivity contribution in [1.29, 1.82) is 0 Å². The zero-order valence-corrected chi connectivity index (χ0v) is 17.5. The van der Waals surface area contributed by atoms with Gasteiger partial charge in [-0.2, -0.15) is 5.10 Å². The standard InChI is InChI=1S/C18H18BrClN2O3S/c1-3-25-18-15(19)8-12(9-16(18)24-2)10-21-22-17(23)11-26-14-6-4-13(20)5-7-14/h4-10H,3,11H2,1-2H3,(H,22,23)/b21-10+. The number of halogens is 2. The molecule has 1 amide bonds. The van der Waals surface area contributed by atoms with E-state index in [0.717, 1.165) is 14.9 Å². The maximum absolute atomic E-state index is 11.9. The van der Waals surface area contributed by atoms with Gasteiger partial charge in [-0.15, -0.1) is 11.8 Å². The van der Waals surface area contributed by atoms with E-state index >= 15 is 0 Å². The molecule has 5 nitrogen and oxygen atoms in total. The van der Waals surface area contributed by atoms with Crippen LogP contribution in [0, 0.1) is 0 Å². The first kappa shape index (κ1) is 20.6. The van der Waals surface area contributed by atoms with E-state index in [0.29, 0.717) is 23.1 Å². The molecular formula is C18H18BrClN2O3S. The lowest BCUT2D eigenvalue weighted by Gasteiger charge is -2.11. The normalized spacial score (nSPS) is 10.8. The number of benzene rings is 2. The van der Waals surface area contributed by atoms with Crippen molar-refractivity contribution in [2.75, 3.05) is 19.5 Å². The first-order valence-corrected chi connectivity index (χ1v) is 9.89. The molecule has 0 unspecified atom stereocenters. The quantitative estimate of drug-likeness (QED) is 0.353. The van der Waals surface area contributed by atoms with E-state index in [4.69, 9.17) is 21.1 Å². The number of hydrazone groups is 1. The molecule has 0 aromatic heterocycles.